The summed E-state index contributed by atoms with van der Waals surface area (Å²) in [5, 5.41) is 11.3. The highest BCUT2D eigenvalue weighted by Gasteiger charge is 2.18. The molecule has 0 saturated carbocycles. The van der Waals surface area contributed by atoms with Crippen molar-refractivity contribution in [1.29, 1.82) is 0 Å². The molecule has 20 heavy (non-hydrogen) atoms. The zero-order valence-electron chi connectivity index (χ0n) is 11.4. The number of ether oxygens (including phenoxy) is 1. The minimum Gasteiger partial charge on any atom is -0.478 e. The van der Waals surface area contributed by atoms with E-state index in [9.17, 15) is 14.0 Å². The van der Waals surface area contributed by atoms with Crippen molar-refractivity contribution in [3.8, 4) is 0 Å². The van der Waals surface area contributed by atoms with Crippen LogP contribution in [0.3, 0.4) is 0 Å². The summed E-state index contributed by atoms with van der Waals surface area (Å²) >= 11 is 0. The molecule has 0 fully saturated rings. The first-order valence-corrected chi connectivity index (χ1v) is 6.00. The van der Waals surface area contributed by atoms with Crippen LogP contribution in [0.15, 0.2) is 18.2 Å². The van der Waals surface area contributed by atoms with Crippen molar-refractivity contribution in [3.05, 3.63) is 29.6 Å². The molecule has 6 nitrogen and oxygen atoms in total. The number of benzene rings is 1. The Bertz CT molecular complexity index is 493. The van der Waals surface area contributed by atoms with Gasteiger partial charge in [-0.1, -0.05) is 6.07 Å². The fourth-order valence-corrected chi connectivity index (χ4v) is 1.60. The first kappa shape index (κ1) is 15.9. The van der Waals surface area contributed by atoms with Crippen molar-refractivity contribution in [2.24, 2.45) is 0 Å². The molecule has 0 bridgehead atoms. The van der Waals surface area contributed by atoms with Gasteiger partial charge in [0, 0.05) is 27.3 Å². The fourth-order valence-electron chi connectivity index (χ4n) is 1.60. The summed E-state index contributed by atoms with van der Waals surface area (Å²) in [6.45, 7) is 0.954. The van der Waals surface area contributed by atoms with E-state index in [2.05, 4.69) is 5.32 Å². The van der Waals surface area contributed by atoms with Gasteiger partial charge in [0.15, 0.2) is 0 Å². The van der Waals surface area contributed by atoms with Gasteiger partial charge in [0.05, 0.1) is 5.69 Å². The Labute approximate surface area is 116 Å². The van der Waals surface area contributed by atoms with E-state index < -0.39 is 23.4 Å². The first-order chi connectivity index (χ1) is 9.47. The van der Waals surface area contributed by atoms with E-state index >= 15 is 0 Å². The summed E-state index contributed by atoms with van der Waals surface area (Å²) in [6.07, 6.45) is 0.648. The molecule has 0 aliphatic carbocycles. The number of carboxylic acids is 1. The average Bonchev–Trinajstić information content (AvgIpc) is 2.38. The molecule has 2 amide bonds. The SMILES string of the molecule is COCCCN(C)C(=O)Nc1cccc(F)c1C(=O)O. The topological polar surface area (TPSA) is 78.9 Å². The largest absolute Gasteiger partial charge is 0.478 e. The Morgan fingerprint density at radius 1 is 1.45 bits per heavy atom. The predicted molar refractivity (Wildman–Crippen MR) is 71.5 cm³/mol. The van der Waals surface area contributed by atoms with Crippen molar-refractivity contribution in [2.45, 2.75) is 6.42 Å². The molecule has 1 rings (SSSR count). The van der Waals surface area contributed by atoms with E-state index in [1.165, 1.54) is 17.0 Å². The summed E-state index contributed by atoms with van der Waals surface area (Å²) in [7, 11) is 3.12. The summed E-state index contributed by atoms with van der Waals surface area (Å²) in [6, 6.07) is 3.20. The average molecular weight is 284 g/mol. The maximum atomic E-state index is 13.4. The number of carbonyl (C=O) groups excluding carboxylic acids is 1. The minimum absolute atomic E-state index is 0.0684. The number of anilines is 1. The van der Waals surface area contributed by atoms with Crippen molar-refractivity contribution < 1.29 is 23.8 Å². The summed E-state index contributed by atoms with van der Waals surface area (Å²) in [4.78, 5) is 24.2. The molecular formula is C13H17FN2O4. The normalized spacial score (nSPS) is 10.2. The molecule has 0 aliphatic heterocycles. The fraction of sp³-hybridized carbons (Fsp3) is 0.385. The zero-order chi connectivity index (χ0) is 15.1. The van der Waals surface area contributed by atoms with Crippen molar-refractivity contribution in [2.75, 3.05) is 32.6 Å². The molecule has 0 heterocycles. The molecule has 0 unspecified atom stereocenters. The molecule has 0 spiro atoms. The minimum atomic E-state index is -1.43. The number of aromatic carboxylic acids is 1. The number of amides is 2. The molecule has 1 aromatic rings. The Morgan fingerprint density at radius 3 is 2.75 bits per heavy atom. The predicted octanol–water partition coefficient (Wildman–Crippen LogP) is 2.02. The number of halogens is 1. The maximum Gasteiger partial charge on any atom is 0.340 e. The van der Waals surface area contributed by atoms with Gasteiger partial charge < -0.3 is 20.1 Å². The molecule has 0 aromatic heterocycles. The van der Waals surface area contributed by atoms with Gasteiger partial charge in [0.2, 0.25) is 0 Å². The van der Waals surface area contributed by atoms with Crippen LogP contribution >= 0.6 is 0 Å². The Hall–Kier alpha value is -2.15. The number of hydrogen-bond acceptors (Lipinski definition) is 3. The highest BCUT2D eigenvalue weighted by atomic mass is 19.1. The monoisotopic (exact) mass is 284 g/mol. The summed E-state index contributed by atoms with van der Waals surface area (Å²) in [5.41, 5.74) is -0.618. The molecule has 0 atom stereocenters. The van der Waals surface area contributed by atoms with Crippen LogP contribution in [-0.2, 0) is 4.74 Å². The van der Waals surface area contributed by atoms with Crippen LogP contribution in [0.5, 0.6) is 0 Å². The molecule has 0 saturated heterocycles. The van der Waals surface area contributed by atoms with Gasteiger partial charge >= 0.3 is 12.0 Å². The van der Waals surface area contributed by atoms with Crippen molar-refractivity contribution in [3.63, 3.8) is 0 Å². The van der Waals surface area contributed by atoms with Crippen LogP contribution in [0.2, 0.25) is 0 Å². The Morgan fingerprint density at radius 2 is 2.15 bits per heavy atom. The van der Waals surface area contributed by atoms with Crippen LogP contribution in [0, 0.1) is 5.82 Å². The lowest BCUT2D eigenvalue weighted by molar-refractivity contribution is 0.0693. The van der Waals surface area contributed by atoms with E-state index in [4.69, 9.17) is 9.84 Å². The Balaban J connectivity index is 2.75. The molecule has 2 N–H and O–H groups in total. The number of carbonyl (C=O) groups is 2. The van der Waals surface area contributed by atoms with Crippen molar-refractivity contribution in [1.82, 2.24) is 4.90 Å². The van der Waals surface area contributed by atoms with Gasteiger partial charge in [-0.15, -0.1) is 0 Å². The second-order valence-corrected chi connectivity index (χ2v) is 4.17. The number of hydrogen-bond donors (Lipinski definition) is 2. The zero-order valence-corrected chi connectivity index (χ0v) is 11.4. The molecule has 0 aliphatic rings. The summed E-state index contributed by atoms with van der Waals surface area (Å²) in [5.74, 6) is -2.32. The van der Waals surface area contributed by atoms with Gasteiger partial charge in [0.1, 0.15) is 11.4 Å². The lowest BCUT2D eigenvalue weighted by Gasteiger charge is -2.18. The van der Waals surface area contributed by atoms with E-state index in [0.29, 0.717) is 19.6 Å². The number of urea groups is 1. The number of methoxy groups -OCH3 is 1. The van der Waals surface area contributed by atoms with Gasteiger partial charge in [-0.25, -0.2) is 14.0 Å². The second kappa shape index (κ2) is 7.44. The molecule has 110 valence electrons. The number of nitrogens with one attached hydrogen (secondary N) is 1. The number of nitrogens with zero attached hydrogens (tertiary/aromatic N) is 1. The highest BCUT2D eigenvalue weighted by molar-refractivity contribution is 6.00. The molecule has 0 radical (unpaired) electrons. The Kier molecular flexibility index (Phi) is 5.92. The van der Waals surface area contributed by atoms with Crippen LogP contribution in [0.1, 0.15) is 16.8 Å². The van der Waals surface area contributed by atoms with Gasteiger partial charge in [-0.05, 0) is 18.6 Å². The molecule has 7 heteroatoms. The summed E-state index contributed by atoms with van der Waals surface area (Å²) < 4.78 is 18.3. The van der Waals surface area contributed by atoms with E-state index in [1.807, 2.05) is 0 Å². The van der Waals surface area contributed by atoms with Gasteiger partial charge in [0.25, 0.3) is 0 Å². The molecular weight excluding hydrogens is 267 g/mol. The third-order valence-corrected chi connectivity index (χ3v) is 2.66. The standard InChI is InChI=1S/C13H17FN2O4/c1-16(7-4-8-20-2)13(19)15-10-6-3-5-9(14)11(10)12(17)18/h3,5-6H,4,7-8H2,1-2H3,(H,15,19)(H,17,18). The first-order valence-electron chi connectivity index (χ1n) is 6.00. The lowest BCUT2D eigenvalue weighted by atomic mass is 10.1. The van der Waals surface area contributed by atoms with E-state index in [1.54, 1.807) is 14.2 Å². The van der Waals surface area contributed by atoms with Crippen LogP contribution in [0.25, 0.3) is 0 Å². The van der Waals surface area contributed by atoms with Crippen LogP contribution in [-0.4, -0.2) is 49.3 Å². The quantitative estimate of drug-likeness (QED) is 0.783. The second-order valence-electron chi connectivity index (χ2n) is 4.17. The third kappa shape index (κ3) is 4.20. The van der Waals surface area contributed by atoms with Gasteiger partial charge in [-0.3, -0.25) is 0 Å². The van der Waals surface area contributed by atoms with Crippen molar-refractivity contribution >= 4 is 17.7 Å². The number of rotatable bonds is 6. The van der Waals surface area contributed by atoms with E-state index in [-0.39, 0.29) is 5.69 Å². The number of carboxylic acid groups (broad SMARTS) is 1. The highest BCUT2D eigenvalue weighted by Crippen LogP contribution is 2.19. The lowest BCUT2D eigenvalue weighted by Crippen LogP contribution is -2.33. The maximum absolute atomic E-state index is 13.4. The third-order valence-electron chi connectivity index (χ3n) is 2.66. The smallest absolute Gasteiger partial charge is 0.340 e. The van der Waals surface area contributed by atoms with Crippen LogP contribution < -0.4 is 5.32 Å². The van der Waals surface area contributed by atoms with E-state index in [0.717, 1.165) is 6.07 Å². The van der Waals surface area contributed by atoms with Gasteiger partial charge in [-0.2, -0.15) is 0 Å². The molecule has 1 aromatic carbocycles. The van der Waals surface area contributed by atoms with Crippen LogP contribution in [0.4, 0.5) is 14.9 Å².